The van der Waals surface area contributed by atoms with Crippen LogP contribution in [0.25, 0.3) is 0 Å². The van der Waals surface area contributed by atoms with Crippen molar-refractivity contribution in [2.45, 2.75) is 197 Å². The maximum Gasteiger partial charge on any atom is 0.306 e. The summed E-state index contributed by atoms with van der Waals surface area (Å²) in [5.41, 5.74) is 0. The van der Waals surface area contributed by atoms with Gasteiger partial charge in [0.25, 0.3) is 0 Å². The fourth-order valence-electron chi connectivity index (χ4n) is 4.25. The van der Waals surface area contributed by atoms with Crippen LogP contribution in [0.15, 0.2) is 0 Å². The van der Waals surface area contributed by atoms with E-state index in [0.717, 1.165) is 12.8 Å². The van der Waals surface area contributed by atoms with Gasteiger partial charge in [-0.15, -0.1) is 0 Å². The van der Waals surface area contributed by atoms with Gasteiger partial charge in [-0.25, -0.2) is 0 Å². The molecule has 0 heterocycles. The summed E-state index contributed by atoms with van der Waals surface area (Å²) in [4.78, 5) is 22.1. The van der Waals surface area contributed by atoms with Gasteiger partial charge in [0.05, 0.1) is 26.1 Å². The van der Waals surface area contributed by atoms with Crippen LogP contribution in [0.5, 0.6) is 0 Å². The molecule has 0 saturated carbocycles. The summed E-state index contributed by atoms with van der Waals surface area (Å²) in [5, 5.41) is 0. The Kier molecular flexibility index (Phi) is 62.5. The first kappa shape index (κ1) is 54.9. The van der Waals surface area contributed by atoms with Crippen molar-refractivity contribution in [3.8, 4) is 0 Å². The zero-order chi connectivity index (χ0) is 34.1. The molecule has 2 unspecified atom stereocenters. The molecule has 0 rings (SSSR count). The summed E-state index contributed by atoms with van der Waals surface area (Å²) in [7, 11) is 0. The molecule has 272 valence electrons. The first-order valence-corrected chi connectivity index (χ1v) is 20.1. The molecule has 0 aliphatic heterocycles. The van der Waals surface area contributed by atoms with Gasteiger partial charge in [-0.05, 0) is 24.7 Å². The number of carbonyl (C=O) groups excluding carboxylic acids is 2. The third-order valence-corrected chi connectivity index (χ3v) is 8.04. The van der Waals surface area contributed by atoms with E-state index >= 15 is 0 Å². The Morgan fingerprint density at radius 1 is 0.467 bits per heavy atom. The molecule has 2 atom stereocenters. The minimum Gasteiger partial charge on any atom is -0.465 e. The smallest absolute Gasteiger partial charge is 0.306 e. The first-order valence-electron chi connectivity index (χ1n) is 18.8. The molecule has 0 aliphatic rings. The van der Waals surface area contributed by atoms with Crippen LogP contribution in [-0.2, 0) is 19.1 Å². The monoisotopic (exact) mass is 784 g/mol. The topological polar surface area (TPSA) is 52.6 Å². The summed E-state index contributed by atoms with van der Waals surface area (Å²) >= 11 is 7.97. The molecule has 0 bridgehead atoms. The summed E-state index contributed by atoms with van der Waals surface area (Å²) in [5.74, 6) is 2.00. The molecule has 45 heavy (non-hydrogen) atoms. The number of ether oxygens (including phenoxy) is 2. The van der Waals surface area contributed by atoms with Gasteiger partial charge in [0, 0.05) is 35.4 Å². The third-order valence-electron chi connectivity index (χ3n) is 7.59. The molecule has 0 saturated heterocycles. The minimum atomic E-state index is -0.116. The zero-order valence-electron chi connectivity index (χ0n) is 31.6. The van der Waals surface area contributed by atoms with E-state index in [0.29, 0.717) is 49.4 Å². The van der Waals surface area contributed by atoms with Crippen molar-refractivity contribution in [1.82, 2.24) is 0 Å². The van der Waals surface area contributed by atoms with Gasteiger partial charge in [-0.1, -0.05) is 171 Å². The number of carbonyl (C=O) groups is 2. The van der Waals surface area contributed by atoms with E-state index < -0.39 is 0 Å². The van der Waals surface area contributed by atoms with E-state index in [-0.39, 0.29) is 35.8 Å². The van der Waals surface area contributed by atoms with Crippen LogP contribution < -0.4 is 0 Å². The number of hydrogen-bond donors (Lipinski definition) is 2. The fraction of sp³-hybridized carbons (Fsp3) is 0.947. The van der Waals surface area contributed by atoms with Gasteiger partial charge in [-0.2, -0.15) is 25.3 Å². The predicted molar refractivity (Wildman–Crippen MR) is 209 cm³/mol. The Hall–Kier alpha value is 0.439. The number of hydrogen-bond acceptors (Lipinski definition) is 6. The summed E-state index contributed by atoms with van der Waals surface area (Å²) in [6.07, 6.45) is 27.2. The molecule has 0 aromatic carbocycles. The van der Waals surface area contributed by atoms with Crippen molar-refractivity contribution in [2.75, 3.05) is 24.7 Å². The molecular weight excluding hydrogens is 703 g/mol. The van der Waals surface area contributed by atoms with Crippen molar-refractivity contribution in [1.29, 1.82) is 0 Å². The summed E-state index contributed by atoms with van der Waals surface area (Å²) in [6.45, 7) is 18.8. The largest absolute Gasteiger partial charge is 0.465 e. The van der Waals surface area contributed by atoms with Gasteiger partial charge in [-0.3, -0.25) is 9.59 Å². The molecule has 0 aliphatic carbocycles. The van der Waals surface area contributed by atoms with E-state index in [1.165, 1.54) is 116 Å². The first-order chi connectivity index (χ1) is 21.3. The van der Waals surface area contributed by atoms with Gasteiger partial charge < -0.3 is 9.47 Å². The Morgan fingerprint density at radius 2 is 0.733 bits per heavy atom. The van der Waals surface area contributed by atoms with Crippen LogP contribution in [0.4, 0.5) is 0 Å². The molecule has 0 N–H and O–H groups in total. The van der Waals surface area contributed by atoms with E-state index in [1.807, 2.05) is 0 Å². The van der Waals surface area contributed by atoms with Crippen LogP contribution >= 0.6 is 25.3 Å². The zero-order valence-corrected chi connectivity index (χ0v) is 36.2. The Labute approximate surface area is 311 Å². The Balaban J connectivity index is -0.000000162. The van der Waals surface area contributed by atoms with E-state index in [9.17, 15) is 9.59 Å². The van der Waals surface area contributed by atoms with Gasteiger partial charge in [0.15, 0.2) is 0 Å². The molecule has 7 heteroatoms. The maximum absolute atomic E-state index is 11.1. The normalized spacial score (nSPS) is 11.2. The average molecular weight is 784 g/mol. The minimum absolute atomic E-state index is 0. The molecule has 0 amide bonds. The standard InChI is InChI=1S/2C11H22O2S.2C8H18.Sn/c2*1-3-5-6-10(4-2)9-13-11(12)7-8-14;2*1-3-5-7-8-6-4-2;/h2*10,14H,3-9H2,1-2H3;2*3-8H2,1-2H3;. The quantitative estimate of drug-likeness (QED) is 0.0397. The molecule has 0 fully saturated rings. The van der Waals surface area contributed by atoms with E-state index in [1.54, 1.807) is 0 Å². The van der Waals surface area contributed by atoms with Crippen LogP contribution in [0.2, 0.25) is 0 Å². The molecular formula is C38H80O4S2Sn. The Bertz CT molecular complexity index is 480. The molecule has 4 radical (unpaired) electrons. The van der Waals surface area contributed by atoms with Crippen molar-refractivity contribution < 1.29 is 19.1 Å². The average Bonchev–Trinajstić information content (AvgIpc) is 3.03. The van der Waals surface area contributed by atoms with Crippen molar-refractivity contribution in [2.24, 2.45) is 11.8 Å². The summed E-state index contributed by atoms with van der Waals surface area (Å²) < 4.78 is 10.3. The number of unbranched alkanes of at least 4 members (excludes halogenated alkanes) is 12. The van der Waals surface area contributed by atoms with Crippen molar-refractivity contribution >= 4 is 61.1 Å². The summed E-state index contributed by atoms with van der Waals surface area (Å²) in [6, 6.07) is 0. The van der Waals surface area contributed by atoms with E-state index in [2.05, 4.69) is 80.6 Å². The fourth-order valence-corrected chi connectivity index (χ4v) is 4.62. The van der Waals surface area contributed by atoms with E-state index in [4.69, 9.17) is 9.47 Å². The van der Waals surface area contributed by atoms with Crippen molar-refractivity contribution in [3.05, 3.63) is 0 Å². The number of rotatable bonds is 26. The maximum atomic E-state index is 11.1. The predicted octanol–water partition coefficient (Wildman–Crippen LogP) is 12.5. The van der Waals surface area contributed by atoms with Crippen LogP contribution in [0.1, 0.15) is 197 Å². The van der Waals surface area contributed by atoms with Gasteiger partial charge >= 0.3 is 11.9 Å². The number of thiol groups is 2. The van der Waals surface area contributed by atoms with Gasteiger partial charge in [0.2, 0.25) is 0 Å². The second kappa shape index (κ2) is 51.3. The molecule has 0 aromatic heterocycles. The molecule has 4 nitrogen and oxygen atoms in total. The van der Waals surface area contributed by atoms with Crippen LogP contribution in [0.3, 0.4) is 0 Å². The van der Waals surface area contributed by atoms with Crippen molar-refractivity contribution in [3.63, 3.8) is 0 Å². The SMILES string of the molecule is CCCCC(CC)COC(=O)CCS.CCCCC(CC)COC(=O)CCS.CCCCCCCC.CCCCCCCC.[Sn]. The second-order valence-corrected chi connectivity index (χ2v) is 12.9. The van der Waals surface area contributed by atoms with Crippen LogP contribution in [-0.4, -0.2) is 60.6 Å². The molecule has 0 aromatic rings. The second-order valence-electron chi connectivity index (χ2n) is 12.0. The Morgan fingerprint density at radius 3 is 0.933 bits per heavy atom. The third kappa shape index (κ3) is 54.2. The van der Waals surface area contributed by atoms with Gasteiger partial charge in [0.1, 0.15) is 0 Å². The number of esters is 2. The molecule has 0 spiro atoms. The van der Waals surface area contributed by atoms with Crippen LogP contribution in [0, 0.1) is 11.8 Å².